The fraction of sp³-hybridized carbons (Fsp3) is 0.538. The van der Waals surface area contributed by atoms with Crippen molar-refractivity contribution >= 4 is 15.9 Å². The summed E-state index contributed by atoms with van der Waals surface area (Å²) in [6.07, 6.45) is 1.77. The molecule has 0 spiro atoms. The third-order valence-electron chi connectivity index (χ3n) is 2.80. The Morgan fingerprint density at radius 2 is 2.11 bits per heavy atom. The van der Waals surface area contributed by atoms with Crippen LogP contribution in [0.1, 0.15) is 25.3 Å². The molecule has 5 heteroatoms. The van der Waals surface area contributed by atoms with Crippen molar-refractivity contribution in [2.75, 3.05) is 13.2 Å². The van der Waals surface area contributed by atoms with E-state index in [-0.39, 0.29) is 29.1 Å². The first-order chi connectivity index (χ1) is 8.56. The maximum Gasteiger partial charge on any atom is 0.144 e. The summed E-state index contributed by atoms with van der Waals surface area (Å²) in [5, 5.41) is 11.9. The lowest BCUT2D eigenvalue weighted by molar-refractivity contribution is 0.228. The van der Waals surface area contributed by atoms with Crippen molar-refractivity contribution in [2.24, 2.45) is 5.92 Å². The van der Waals surface area contributed by atoms with Gasteiger partial charge in [0.2, 0.25) is 0 Å². The molecule has 0 amide bonds. The van der Waals surface area contributed by atoms with Crippen LogP contribution in [0.2, 0.25) is 0 Å². The highest BCUT2D eigenvalue weighted by molar-refractivity contribution is 9.10. The van der Waals surface area contributed by atoms with E-state index in [1.54, 1.807) is 0 Å². The standard InChI is InChI=1S/C13H18BrF2NO/c1-9(8-18)3-2-6-17-7-10-12(15)5-4-11(14)13(10)16/h4-5,9,17-18H,2-3,6-8H2,1H3. The SMILES string of the molecule is CC(CO)CCCNCc1c(F)ccc(Br)c1F. The van der Waals surface area contributed by atoms with E-state index in [1.165, 1.54) is 12.1 Å². The van der Waals surface area contributed by atoms with Gasteiger partial charge in [-0.05, 0) is 53.4 Å². The van der Waals surface area contributed by atoms with Crippen molar-refractivity contribution in [1.82, 2.24) is 5.32 Å². The molecule has 0 heterocycles. The number of halogens is 3. The first-order valence-electron chi connectivity index (χ1n) is 6.00. The zero-order valence-electron chi connectivity index (χ0n) is 10.3. The van der Waals surface area contributed by atoms with E-state index in [9.17, 15) is 8.78 Å². The van der Waals surface area contributed by atoms with Gasteiger partial charge in [-0.15, -0.1) is 0 Å². The lowest BCUT2D eigenvalue weighted by Gasteiger charge is -2.10. The molecule has 0 saturated carbocycles. The van der Waals surface area contributed by atoms with Gasteiger partial charge in [0.15, 0.2) is 0 Å². The van der Waals surface area contributed by atoms with Gasteiger partial charge in [0.1, 0.15) is 11.6 Å². The molecule has 18 heavy (non-hydrogen) atoms. The normalized spacial score (nSPS) is 12.7. The second-order valence-electron chi connectivity index (χ2n) is 4.43. The predicted octanol–water partition coefficient (Wildman–Crippen LogP) is 3.23. The van der Waals surface area contributed by atoms with Crippen molar-refractivity contribution < 1.29 is 13.9 Å². The van der Waals surface area contributed by atoms with Crippen LogP contribution >= 0.6 is 15.9 Å². The number of benzene rings is 1. The topological polar surface area (TPSA) is 32.3 Å². The van der Waals surface area contributed by atoms with Crippen LogP contribution in [0.3, 0.4) is 0 Å². The summed E-state index contributed by atoms with van der Waals surface area (Å²) in [5.74, 6) is -0.815. The molecule has 1 aromatic carbocycles. The van der Waals surface area contributed by atoms with Crippen LogP contribution in [0.25, 0.3) is 0 Å². The van der Waals surface area contributed by atoms with Gasteiger partial charge in [-0.25, -0.2) is 8.78 Å². The van der Waals surface area contributed by atoms with Crippen LogP contribution < -0.4 is 5.32 Å². The van der Waals surface area contributed by atoms with Crippen LogP contribution in [-0.2, 0) is 6.54 Å². The summed E-state index contributed by atoms with van der Waals surface area (Å²) >= 11 is 3.03. The zero-order chi connectivity index (χ0) is 13.5. The van der Waals surface area contributed by atoms with Gasteiger partial charge < -0.3 is 10.4 Å². The lowest BCUT2D eigenvalue weighted by Crippen LogP contribution is -2.18. The Morgan fingerprint density at radius 1 is 1.39 bits per heavy atom. The van der Waals surface area contributed by atoms with Crippen LogP contribution in [0.5, 0.6) is 0 Å². The Kier molecular flexibility index (Phi) is 6.75. The second kappa shape index (κ2) is 7.81. The molecule has 1 atom stereocenters. The van der Waals surface area contributed by atoms with Gasteiger partial charge in [-0.2, -0.15) is 0 Å². The van der Waals surface area contributed by atoms with E-state index < -0.39 is 11.6 Å². The van der Waals surface area contributed by atoms with Crippen molar-refractivity contribution in [3.63, 3.8) is 0 Å². The van der Waals surface area contributed by atoms with Gasteiger partial charge in [0.25, 0.3) is 0 Å². The fourth-order valence-electron chi connectivity index (χ4n) is 1.61. The second-order valence-corrected chi connectivity index (χ2v) is 5.28. The largest absolute Gasteiger partial charge is 0.396 e. The van der Waals surface area contributed by atoms with Crippen LogP contribution in [-0.4, -0.2) is 18.3 Å². The summed E-state index contributed by atoms with van der Waals surface area (Å²) in [7, 11) is 0. The Labute approximate surface area is 115 Å². The van der Waals surface area contributed by atoms with Crippen LogP contribution in [0.4, 0.5) is 8.78 Å². The molecule has 0 fully saturated rings. The molecule has 0 aromatic heterocycles. The van der Waals surface area contributed by atoms with Gasteiger partial charge >= 0.3 is 0 Å². The Hall–Kier alpha value is -0.520. The molecule has 1 rings (SSSR count). The van der Waals surface area contributed by atoms with E-state index in [1.807, 2.05) is 6.92 Å². The minimum Gasteiger partial charge on any atom is -0.396 e. The van der Waals surface area contributed by atoms with E-state index >= 15 is 0 Å². The van der Waals surface area contributed by atoms with Gasteiger partial charge in [0, 0.05) is 18.7 Å². The third-order valence-corrected chi connectivity index (χ3v) is 3.42. The molecule has 1 aromatic rings. The van der Waals surface area contributed by atoms with Crippen molar-refractivity contribution in [3.05, 3.63) is 33.8 Å². The Bertz CT molecular complexity index is 387. The zero-order valence-corrected chi connectivity index (χ0v) is 11.9. The first kappa shape index (κ1) is 15.5. The molecule has 0 aliphatic heterocycles. The van der Waals surface area contributed by atoms with E-state index in [0.717, 1.165) is 12.8 Å². The highest BCUT2D eigenvalue weighted by Crippen LogP contribution is 2.21. The Balaban J connectivity index is 2.38. The molecule has 2 N–H and O–H groups in total. The minimum atomic E-state index is -0.550. The van der Waals surface area contributed by atoms with Crippen LogP contribution in [0, 0.1) is 17.6 Å². The Morgan fingerprint density at radius 3 is 2.78 bits per heavy atom. The lowest BCUT2D eigenvalue weighted by atomic mass is 10.1. The summed E-state index contributed by atoms with van der Waals surface area (Å²) < 4.78 is 27.3. The monoisotopic (exact) mass is 321 g/mol. The summed E-state index contributed by atoms with van der Waals surface area (Å²) in [4.78, 5) is 0. The molecule has 0 saturated heterocycles. The molecule has 102 valence electrons. The first-order valence-corrected chi connectivity index (χ1v) is 6.79. The molecule has 0 radical (unpaired) electrons. The molecule has 0 aliphatic carbocycles. The summed E-state index contributed by atoms with van der Waals surface area (Å²) in [5.41, 5.74) is 0.0552. The molecule has 0 bridgehead atoms. The number of nitrogens with one attached hydrogen (secondary N) is 1. The number of aliphatic hydroxyl groups is 1. The number of rotatable bonds is 7. The number of aliphatic hydroxyl groups excluding tert-OH is 1. The maximum absolute atomic E-state index is 13.6. The number of hydrogen-bond acceptors (Lipinski definition) is 2. The third kappa shape index (κ3) is 4.63. The van der Waals surface area contributed by atoms with E-state index in [4.69, 9.17) is 5.11 Å². The number of hydrogen-bond donors (Lipinski definition) is 2. The molecule has 2 nitrogen and oxygen atoms in total. The highest BCUT2D eigenvalue weighted by atomic mass is 79.9. The summed E-state index contributed by atoms with van der Waals surface area (Å²) in [6.45, 7) is 2.99. The smallest absolute Gasteiger partial charge is 0.144 e. The quantitative estimate of drug-likeness (QED) is 0.597. The fourth-order valence-corrected chi connectivity index (χ4v) is 1.98. The molecular formula is C13H18BrF2NO. The van der Waals surface area contributed by atoms with Crippen molar-refractivity contribution in [3.8, 4) is 0 Å². The summed E-state index contributed by atoms with van der Waals surface area (Å²) in [6, 6.07) is 2.61. The van der Waals surface area contributed by atoms with Gasteiger partial charge in [0.05, 0.1) is 4.47 Å². The minimum absolute atomic E-state index is 0.0552. The van der Waals surface area contributed by atoms with Crippen molar-refractivity contribution in [2.45, 2.75) is 26.3 Å². The van der Waals surface area contributed by atoms with E-state index in [2.05, 4.69) is 21.2 Å². The molecule has 0 aliphatic rings. The van der Waals surface area contributed by atoms with Gasteiger partial charge in [-0.3, -0.25) is 0 Å². The van der Waals surface area contributed by atoms with E-state index in [0.29, 0.717) is 6.54 Å². The molecule has 1 unspecified atom stereocenters. The predicted molar refractivity (Wildman–Crippen MR) is 71.2 cm³/mol. The maximum atomic E-state index is 13.6. The molecular weight excluding hydrogens is 304 g/mol. The average Bonchev–Trinajstić information content (AvgIpc) is 2.37. The van der Waals surface area contributed by atoms with Crippen molar-refractivity contribution in [1.29, 1.82) is 0 Å². The average molecular weight is 322 g/mol. The highest BCUT2D eigenvalue weighted by Gasteiger charge is 2.11. The van der Waals surface area contributed by atoms with Crippen LogP contribution in [0.15, 0.2) is 16.6 Å². The van der Waals surface area contributed by atoms with Gasteiger partial charge in [-0.1, -0.05) is 6.92 Å².